The molecule has 2 saturated heterocycles. The zero-order valence-corrected chi connectivity index (χ0v) is 26.6. The van der Waals surface area contributed by atoms with Gasteiger partial charge >= 0.3 is 18.9 Å². The number of amides is 2. The van der Waals surface area contributed by atoms with Crippen LogP contribution in [0.15, 0.2) is 33.3 Å². The van der Waals surface area contributed by atoms with Crippen molar-refractivity contribution in [3.8, 4) is 0 Å². The smallest absolute Gasteiger partial charge is 0.550 e. The van der Waals surface area contributed by atoms with E-state index in [0.717, 1.165) is 58.4 Å². The Balaban J connectivity index is 0.00000370. The van der Waals surface area contributed by atoms with E-state index in [0.29, 0.717) is 38.3 Å². The zero-order valence-electron chi connectivity index (χ0n) is 22.6. The third kappa shape index (κ3) is 7.15. The van der Waals surface area contributed by atoms with E-state index in [1.807, 2.05) is 17.2 Å². The first kappa shape index (κ1) is 31.6. The number of hydrogen-bond acceptors (Lipinski definition) is 5. The quantitative estimate of drug-likeness (QED) is 0.351. The van der Waals surface area contributed by atoms with E-state index in [-0.39, 0.29) is 36.6 Å². The molecular formula is C29H31Br2ClLiN3O4. The van der Waals surface area contributed by atoms with Crippen molar-refractivity contribution in [3.63, 3.8) is 0 Å². The van der Waals surface area contributed by atoms with E-state index in [9.17, 15) is 19.5 Å². The van der Waals surface area contributed by atoms with Gasteiger partial charge in [0.25, 0.3) is 0 Å². The van der Waals surface area contributed by atoms with E-state index in [1.54, 1.807) is 4.90 Å². The Morgan fingerprint density at radius 2 is 1.55 bits per heavy atom. The Bertz CT molecular complexity index is 1280. The molecule has 40 heavy (non-hydrogen) atoms. The number of rotatable bonds is 5. The number of carbonyl (C=O) groups excluding carboxylic acids is 3. The topological polar surface area (TPSA) is 93.6 Å². The number of aryl methyl sites for hydroxylation is 2. The normalized spacial score (nSPS) is 19.7. The Kier molecular flexibility index (Phi) is 10.8. The fourth-order valence-corrected chi connectivity index (χ4v) is 8.01. The summed E-state index contributed by atoms with van der Waals surface area (Å²) in [5.41, 5.74) is 4.93. The molecule has 0 bridgehead atoms. The average Bonchev–Trinajstić information content (AvgIpc) is 3.05. The third-order valence-corrected chi connectivity index (χ3v) is 9.82. The molecule has 3 aliphatic rings. The molecule has 11 heteroatoms. The van der Waals surface area contributed by atoms with Gasteiger partial charge in [0.05, 0.1) is 18.1 Å². The number of carbonyl (C=O) groups is 3. The van der Waals surface area contributed by atoms with E-state index in [2.05, 4.69) is 44.0 Å². The van der Waals surface area contributed by atoms with Gasteiger partial charge in [-0.25, -0.2) is 0 Å². The van der Waals surface area contributed by atoms with Gasteiger partial charge < -0.3 is 19.7 Å². The molecule has 0 radical (unpaired) electrons. The molecule has 1 aliphatic carbocycles. The van der Waals surface area contributed by atoms with Crippen LogP contribution in [0.25, 0.3) is 0 Å². The summed E-state index contributed by atoms with van der Waals surface area (Å²) in [5.74, 6) is -0.877. The number of benzene rings is 1. The number of aliphatic carboxylic acids is 1. The number of carboxylic acids is 1. The van der Waals surface area contributed by atoms with Crippen molar-refractivity contribution in [2.45, 2.75) is 57.3 Å². The Morgan fingerprint density at radius 1 is 0.925 bits per heavy atom. The number of carboxylic acid groups (broad SMARTS) is 1. The number of likely N-dealkylation sites (tertiary alicyclic amines) is 2. The number of hydrogen-bond donors (Lipinski definition) is 0. The van der Waals surface area contributed by atoms with Crippen LogP contribution < -0.4 is 24.0 Å². The molecule has 1 atom stereocenters. The van der Waals surface area contributed by atoms with E-state index in [1.165, 1.54) is 16.7 Å². The summed E-state index contributed by atoms with van der Waals surface area (Å²) in [6.07, 6.45) is 6.83. The standard InChI is InChI=1S/C29H32Br2ClN3O4.Li/c30-21-12-20-2-1-19-13-22(32)14-23(31)27(19)28(29(20)33-16-21)18-5-9-35(10-6-18)24(36)11-17-3-7-34(8-4-17)25(37)15-26(38)39;/h12-14,16-18,28H,1-11,15H2,(H,38,39);/q;+1/p-1. The van der Waals surface area contributed by atoms with Crippen molar-refractivity contribution in [2.24, 2.45) is 11.8 Å². The van der Waals surface area contributed by atoms with Crippen LogP contribution in [-0.4, -0.2) is 58.7 Å². The fraction of sp³-hybridized carbons (Fsp3) is 0.517. The number of halogens is 3. The van der Waals surface area contributed by atoms with Gasteiger partial charge in [0.2, 0.25) is 11.8 Å². The summed E-state index contributed by atoms with van der Waals surface area (Å²) < 4.78 is 2.01. The molecule has 2 fully saturated rings. The van der Waals surface area contributed by atoms with Crippen molar-refractivity contribution >= 4 is 61.2 Å². The van der Waals surface area contributed by atoms with E-state index in [4.69, 9.17) is 16.6 Å². The average molecular weight is 688 g/mol. The first-order valence-corrected chi connectivity index (χ1v) is 15.5. The van der Waals surface area contributed by atoms with E-state index < -0.39 is 18.3 Å². The molecule has 3 heterocycles. The predicted molar refractivity (Wildman–Crippen MR) is 153 cm³/mol. The second-order valence-corrected chi connectivity index (χ2v) is 13.1. The van der Waals surface area contributed by atoms with Crippen molar-refractivity contribution < 1.29 is 38.4 Å². The second kappa shape index (κ2) is 13.7. The number of fused-ring (bicyclic) bond motifs is 2. The largest absolute Gasteiger partial charge is 1.00 e. The number of aromatic nitrogens is 1. The molecule has 1 aromatic heterocycles. The predicted octanol–water partition coefficient (Wildman–Crippen LogP) is 1.50. The summed E-state index contributed by atoms with van der Waals surface area (Å²) in [7, 11) is 0. The molecule has 2 amide bonds. The molecule has 1 aromatic carbocycles. The van der Waals surface area contributed by atoms with Gasteiger partial charge in [0.15, 0.2) is 0 Å². The Labute approximate surface area is 268 Å². The molecule has 208 valence electrons. The summed E-state index contributed by atoms with van der Waals surface area (Å²) >= 11 is 13.8. The van der Waals surface area contributed by atoms with Gasteiger partial charge in [0, 0.05) is 58.7 Å². The maximum Gasteiger partial charge on any atom is 1.00 e. The van der Waals surface area contributed by atoms with Crippen molar-refractivity contribution in [1.29, 1.82) is 0 Å². The SMILES string of the molecule is O=C([O-])CC(=O)N1CCC(CC(=O)N2CCC(C3c4ncc(Br)cc4CCc4cc(Cl)cc(Br)c43)CC2)CC1.[Li+]. The summed E-state index contributed by atoms with van der Waals surface area (Å²) in [6.45, 7) is 2.42. The summed E-state index contributed by atoms with van der Waals surface area (Å²) in [5, 5.41) is 11.5. The third-order valence-electron chi connectivity index (χ3n) is 8.51. The molecule has 0 saturated carbocycles. The van der Waals surface area contributed by atoms with Crippen LogP contribution in [0.5, 0.6) is 0 Å². The van der Waals surface area contributed by atoms with Crippen LogP contribution in [0.3, 0.4) is 0 Å². The van der Waals surface area contributed by atoms with Gasteiger partial charge in [-0.2, -0.15) is 0 Å². The molecule has 5 rings (SSSR count). The molecule has 0 N–H and O–H groups in total. The van der Waals surface area contributed by atoms with E-state index >= 15 is 0 Å². The Hall–Kier alpha value is -1.37. The molecule has 2 aliphatic heterocycles. The second-order valence-electron chi connectivity index (χ2n) is 10.9. The molecule has 1 unspecified atom stereocenters. The minimum Gasteiger partial charge on any atom is -0.550 e. The molecule has 7 nitrogen and oxygen atoms in total. The number of pyridine rings is 1. The van der Waals surface area contributed by atoms with Crippen LogP contribution >= 0.6 is 43.5 Å². The van der Waals surface area contributed by atoms with Crippen molar-refractivity contribution in [2.75, 3.05) is 26.2 Å². The summed E-state index contributed by atoms with van der Waals surface area (Å²) in [6, 6.07) is 6.26. The van der Waals surface area contributed by atoms with Gasteiger partial charge in [-0.15, -0.1) is 0 Å². The van der Waals surface area contributed by atoms with Crippen LogP contribution in [0.4, 0.5) is 0 Å². The minimum atomic E-state index is -1.35. The monoisotopic (exact) mass is 685 g/mol. The molecule has 2 aromatic rings. The van der Waals surface area contributed by atoms with Gasteiger partial charge in [0.1, 0.15) is 0 Å². The van der Waals surface area contributed by atoms with Crippen molar-refractivity contribution in [1.82, 2.24) is 14.8 Å². The van der Waals surface area contributed by atoms with Gasteiger partial charge in [-0.1, -0.05) is 27.5 Å². The van der Waals surface area contributed by atoms with Gasteiger partial charge in [-0.05, 0) is 101 Å². The maximum atomic E-state index is 13.2. The fourth-order valence-electron chi connectivity index (χ4n) is 6.51. The first-order chi connectivity index (χ1) is 18.7. The van der Waals surface area contributed by atoms with Gasteiger partial charge in [-0.3, -0.25) is 14.6 Å². The number of nitrogens with zero attached hydrogens (tertiary/aromatic N) is 3. The van der Waals surface area contributed by atoms with Crippen LogP contribution in [0.2, 0.25) is 5.02 Å². The minimum absolute atomic E-state index is 0. The van der Waals surface area contributed by atoms with Crippen molar-refractivity contribution in [3.05, 3.63) is 60.7 Å². The Morgan fingerprint density at radius 3 is 2.23 bits per heavy atom. The molecule has 0 spiro atoms. The summed E-state index contributed by atoms with van der Waals surface area (Å²) in [4.78, 5) is 44.4. The number of piperidine rings is 2. The van der Waals surface area contributed by atoms with Crippen LogP contribution in [-0.2, 0) is 27.2 Å². The molecular weight excluding hydrogens is 657 g/mol. The van der Waals surface area contributed by atoms with Crippen LogP contribution in [0, 0.1) is 11.8 Å². The maximum absolute atomic E-state index is 13.2. The first-order valence-electron chi connectivity index (χ1n) is 13.6. The van der Waals surface area contributed by atoms with Crippen LogP contribution in [0.1, 0.15) is 66.8 Å². The zero-order chi connectivity index (χ0) is 27.7.